The lowest BCUT2D eigenvalue weighted by Crippen LogP contribution is -2.54. The zero-order chi connectivity index (χ0) is 12.8. The van der Waals surface area contributed by atoms with E-state index >= 15 is 0 Å². The highest BCUT2D eigenvalue weighted by Crippen LogP contribution is 2.11. The second kappa shape index (κ2) is 6.53. The van der Waals surface area contributed by atoms with Gasteiger partial charge in [0.05, 0.1) is 38.4 Å². The number of hydrogen-bond donors (Lipinski definition) is 3. The number of nitrogens with one attached hydrogen (secondary N) is 1. The molecule has 2 amide bonds. The first-order valence-corrected chi connectivity index (χ1v) is 5.57. The summed E-state index contributed by atoms with van der Waals surface area (Å²) < 4.78 is 5.32. The summed E-state index contributed by atoms with van der Waals surface area (Å²) in [6, 6.07) is -0.0555. The molecule has 1 aliphatic heterocycles. The SMILES string of the molecule is CC1COC(CO)CN1C(=O)CNC(=O)CN. The Bertz CT molecular complexity index is 285. The molecule has 7 heteroatoms. The molecule has 1 fully saturated rings. The van der Waals surface area contributed by atoms with Gasteiger partial charge < -0.3 is 25.8 Å². The molecule has 7 nitrogen and oxygen atoms in total. The van der Waals surface area contributed by atoms with Crippen molar-refractivity contribution in [3.05, 3.63) is 0 Å². The average Bonchev–Trinajstić information content (AvgIpc) is 2.36. The summed E-state index contributed by atoms with van der Waals surface area (Å²) in [5.41, 5.74) is 5.12. The van der Waals surface area contributed by atoms with Crippen molar-refractivity contribution in [1.82, 2.24) is 10.2 Å². The van der Waals surface area contributed by atoms with Gasteiger partial charge in [-0.2, -0.15) is 0 Å². The van der Waals surface area contributed by atoms with Crippen molar-refractivity contribution in [2.75, 3.05) is 32.8 Å². The fourth-order valence-corrected chi connectivity index (χ4v) is 1.62. The predicted octanol–water partition coefficient (Wildman–Crippen LogP) is -2.33. The van der Waals surface area contributed by atoms with Crippen LogP contribution in [0.15, 0.2) is 0 Å². The molecule has 1 aliphatic rings. The molecule has 17 heavy (non-hydrogen) atoms. The van der Waals surface area contributed by atoms with Gasteiger partial charge in [-0.15, -0.1) is 0 Å². The Morgan fingerprint density at radius 3 is 2.88 bits per heavy atom. The van der Waals surface area contributed by atoms with Crippen molar-refractivity contribution in [2.45, 2.75) is 19.1 Å². The van der Waals surface area contributed by atoms with Crippen LogP contribution in [0.25, 0.3) is 0 Å². The van der Waals surface area contributed by atoms with Crippen LogP contribution in [0, 0.1) is 0 Å². The van der Waals surface area contributed by atoms with Crippen molar-refractivity contribution in [3.8, 4) is 0 Å². The third-order valence-electron chi connectivity index (χ3n) is 2.65. The third kappa shape index (κ3) is 3.95. The Kier molecular flexibility index (Phi) is 5.33. The lowest BCUT2D eigenvalue weighted by atomic mass is 10.2. The highest BCUT2D eigenvalue weighted by molar-refractivity contribution is 5.85. The molecule has 98 valence electrons. The molecule has 0 aromatic heterocycles. The van der Waals surface area contributed by atoms with E-state index in [9.17, 15) is 9.59 Å². The minimum absolute atomic E-state index is 0.0555. The Hall–Kier alpha value is -1.18. The summed E-state index contributed by atoms with van der Waals surface area (Å²) in [6.07, 6.45) is -0.347. The zero-order valence-electron chi connectivity index (χ0n) is 9.89. The number of carbonyl (C=O) groups is 2. The number of amides is 2. The normalized spacial score (nSPS) is 24.5. The van der Waals surface area contributed by atoms with Gasteiger partial charge >= 0.3 is 0 Å². The topological polar surface area (TPSA) is 105 Å². The monoisotopic (exact) mass is 245 g/mol. The maximum absolute atomic E-state index is 11.8. The van der Waals surface area contributed by atoms with Crippen molar-refractivity contribution in [3.63, 3.8) is 0 Å². The van der Waals surface area contributed by atoms with Gasteiger partial charge in [0.1, 0.15) is 0 Å². The van der Waals surface area contributed by atoms with Crippen LogP contribution in [-0.4, -0.2) is 66.8 Å². The van der Waals surface area contributed by atoms with E-state index < -0.39 is 0 Å². The third-order valence-corrected chi connectivity index (χ3v) is 2.65. The molecular formula is C10H19N3O4. The molecule has 0 radical (unpaired) electrons. The summed E-state index contributed by atoms with van der Waals surface area (Å²) in [5, 5.41) is 11.4. The van der Waals surface area contributed by atoms with Crippen molar-refractivity contribution in [1.29, 1.82) is 0 Å². The quantitative estimate of drug-likeness (QED) is 0.515. The van der Waals surface area contributed by atoms with Crippen LogP contribution >= 0.6 is 0 Å². The van der Waals surface area contributed by atoms with Crippen LogP contribution < -0.4 is 11.1 Å². The van der Waals surface area contributed by atoms with Gasteiger partial charge in [-0.3, -0.25) is 9.59 Å². The molecule has 0 aliphatic carbocycles. The second-order valence-electron chi connectivity index (χ2n) is 4.01. The van der Waals surface area contributed by atoms with Crippen molar-refractivity contribution in [2.24, 2.45) is 5.73 Å². The first-order valence-electron chi connectivity index (χ1n) is 5.57. The standard InChI is InChI=1S/C10H19N3O4/c1-7-6-17-8(5-14)4-13(7)10(16)3-12-9(15)2-11/h7-8,14H,2-6,11H2,1H3,(H,12,15). The zero-order valence-corrected chi connectivity index (χ0v) is 9.89. The predicted molar refractivity (Wildman–Crippen MR) is 60.1 cm³/mol. The molecule has 1 saturated heterocycles. The Morgan fingerprint density at radius 2 is 2.29 bits per heavy atom. The smallest absolute Gasteiger partial charge is 0.242 e. The van der Waals surface area contributed by atoms with Crippen LogP contribution in [-0.2, 0) is 14.3 Å². The van der Waals surface area contributed by atoms with Gasteiger partial charge in [0.25, 0.3) is 0 Å². The molecule has 2 unspecified atom stereocenters. The Morgan fingerprint density at radius 1 is 1.59 bits per heavy atom. The average molecular weight is 245 g/mol. The molecule has 0 saturated carbocycles. The fourth-order valence-electron chi connectivity index (χ4n) is 1.62. The van der Waals surface area contributed by atoms with E-state index in [2.05, 4.69) is 5.32 Å². The number of nitrogens with zero attached hydrogens (tertiary/aromatic N) is 1. The highest BCUT2D eigenvalue weighted by Gasteiger charge is 2.29. The molecule has 1 heterocycles. The molecule has 1 rings (SSSR count). The summed E-state index contributed by atoms with van der Waals surface area (Å²) in [6.45, 7) is 2.27. The lowest BCUT2D eigenvalue weighted by molar-refractivity contribution is -0.146. The maximum Gasteiger partial charge on any atom is 0.242 e. The largest absolute Gasteiger partial charge is 0.394 e. The Labute approximate surface area is 99.9 Å². The van der Waals surface area contributed by atoms with E-state index in [1.54, 1.807) is 4.90 Å². The Balaban J connectivity index is 2.45. The summed E-state index contributed by atoms with van der Waals surface area (Å²) in [5.74, 6) is -0.556. The van der Waals surface area contributed by atoms with Crippen LogP contribution in [0.2, 0.25) is 0 Å². The fraction of sp³-hybridized carbons (Fsp3) is 0.800. The molecule has 0 aromatic rings. The number of carbonyl (C=O) groups excluding carboxylic acids is 2. The summed E-state index contributed by atoms with van der Waals surface area (Å²) >= 11 is 0. The van der Waals surface area contributed by atoms with Gasteiger partial charge in [0.2, 0.25) is 11.8 Å². The first kappa shape index (κ1) is 13.9. The molecule has 0 aromatic carbocycles. The molecule has 2 atom stereocenters. The first-order chi connectivity index (χ1) is 8.08. The van der Waals surface area contributed by atoms with Gasteiger partial charge in [-0.05, 0) is 6.92 Å². The number of rotatable bonds is 4. The minimum atomic E-state index is -0.363. The van der Waals surface area contributed by atoms with Gasteiger partial charge in [-0.25, -0.2) is 0 Å². The van der Waals surface area contributed by atoms with E-state index in [0.29, 0.717) is 13.2 Å². The summed E-state index contributed by atoms with van der Waals surface area (Å²) in [4.78, 5) is 24.4. The van der Waals surface area contributed by atoms with Gasteiger partial charge in [0, 0.05) is 6.54 Å². The van der Waals surface area contributed by atoms with E-state index in [-0.39, 0.29) is 43.7 Å². The van der Waals surface area contributed by atoms with Crippen molar-refractivity contribution >= 4 is 11.8 Å². The number of hydrogen-bond acceptors (Lipinski definition) is 5. The van der Waals surface area contributed by atoms with Crippen LogP contribution in [0.1, 0.15) is 6.92 Å². The highest BCUT2D eigenvalue weighted by atomic mass is 16.5. The van der Waals surface area contributed by atoms with Crippen molar-refractivity contribution < 1.29 is 19.4 Å². The number of aliphatic hydroxyl groups is 1. The number of morpholine rings is 1. The minimum Gasteiger partial charge on any atom is -0.394 e. The van der Waals surface area contributed by atoms with Crippen LogP contribution in [0.5, 0.6) is 0 Å². The van der Waals surface area contributed by atoms with Crippen LogP contribution in [0.4, 0.5) is 0 Å². The second-order valence-corrected chi connectivity index (χ2v) is 4.01. The lowest BCUT2D eigenvalue weighted by Gasteiger charge is -2.37. The van der Waals surface area contributed by atoms with E-state index in [1.165, 1.54) is 0 Å². The van der Waals surface area contributed by atoms with Gasteiger partial charge in [-0.1, -0.05) is 0 Å². The molecule has 4 N–H and O–H groups in total. The number of ether oxygens (including phenoxy) is 1. The molecule has 0 bridgehead atoms. The van der Waals surface area contributed by atoms with E-state index in [1.807, 2.05) is 6.92 Å². The van der Waals surface area contributed by atoms with Gasteiger partial charge in [0.15, 0.2) is 0 Å². The summed E-state index contributed by atoms with van der Waals surface area (Å²) in [7, 11) is 0. The number of nitrogens with two attached hydrogens (primary N) is 1. The van der Waals surface area contributed by atoms with E-state index in [4.69, 9.17) is 15.6 Å². The molecular weight excluding hydrogens is 226 g/mol. The molecule has 0 spiro atoms. The van der Waals surface area contributed by atoms with Crippen LogP contribution in [0.3, 0.4) is 0 Å². The maximum atomic E-state index is 11.8. The van der Waals surface area contributed by atoms with E-state index in [0.717, 1.165) is 0 Å². The number of aliphatic hydroxyl groups excluding tert-OH is 1.